The van der Waals surface area contributed by atoms with Crippen molar-refractivity contribution < 1.29 is 41.5 Å². The first kappa shape index (κ1) is 54.7. The molecular weight excluding hydrogens is 649 g/mol. The zero-order valence-corrected chi connectivity index (χ0v) is 26.3. The molecule has 0 saturated carbocycles. The van der Waals surface area contributed by atoms with E-state index < -0.39 is 38.7 Å². The van der Waals surface area contributed by atoms with Crippen LogP contribution in [0.2, 0.25) is 0 Å². The van der Waals surface area contributed by atoms with Crippen LogP contribution in [0.5, 0.6) is 0 Å². The van der Waals surface area contributed by atoms with Crippen LogP contribution in [-0.4, -0.2) is 56.9 Å². The minimum absolute atomic E-state index is 0. The Morgan fingerprint density at radius 3 is 1.57 bits per heavy atom. The van der Waals surface area contributed by atoms with Gasteiger partial charge < -0.3 is 14.8 Å². The molecule has 0 aliphatic carbocycles. The molecule has 3 atom stereocenters. The first-order valence-electron chi connectivity index (χ1n) is 14.0. The Bertz CT molecular complexity index is 1420. The van der Waals surface area contributed by atoms with Crippen molar-refractivity contribution in [3.63, 3.8) is 0 Å². The molecule has 3 rings (SSSR count). The van der Waals surface area contributed by atoms with Crippen LogP contribution in [0, 0.1) is 5.92 Å². The number of ether oxygens (including phenoxy) is 2. The van der Waals surface area contributed by atoms with Crippen molar-refractivity contribution in [1.82, 2.24) is 0 Å². The number of anilines is 1. The highest BCUT2D eigenvalue weighted by Gasteiger charge is 2.33. The molecule has 2 N–H and O–H groups in total. The molecule has 3 unspecified atom stereocenters. The molecule has 1 amide bonds. The van der Waals surface area contributed by atoms with Crippen molar-refractivity contribution in [3.05, 3.63) is 96.1 Å². The van der Waals surface area contributed by atoms with Crippen molar-refractivity contribution in [2.75, 3.05) is 19.5 Å². The van der Waals surface area contributed by atoms with E-state index in [1.807, 2.05) is 48.5 Å². The standard InChI is InChI=1S/C20H23NO6S.C13H18O2.5CH4.FH/c1-14(22)19(17(27-2)13-12-15-8-4-3-5-9-15)20(23)21-16-10-6-7-11-18(16)28(24,25)26;1-11(14)10-13(15-2)9-8-12-6-4-3-5-7-12;;;;;;/h3-11,17,19H,12-13H2,1-2H3,(H,21,23)(H,24,25,26);3-7,13H,8-10H2,1-2H3;5*1H4;1H. The molecule has 0 bridgehead atoms. The third-order valence-electron chi connectivity index (χ3n) is 6.82. The Morgan fingerprint density at radius 2 is 1.16 bits per heavy atom. The van der Waals surface area contributed by atoms with Crippen molar-refractivity contribution in [2.24, 2.45) is 5.92 Å². The minimum atomic E-state index is -4.53. The summed E-state index contributed by atoms with van der Waals surface area (Å²) >= 11 is 0. The number of carbonyl (C=O) groups excluding carboxylic acids is 3. The average Bonchev–Trinajstić information content (AvgIpc) is 2.98. The second-order valence-electron chi connectivity index (χ2n) is 10.1. The number of hydrogen-bond donors (Lipinski definition) is 2. The van der Waals surface area contributed by atoms with Gasteiger partial charge in [0, 0.05) is 20.6 Å². The van der Waals surface area contributed by atoms with E-state index in [4.69, 9.17) is 9.47 Å². The van der Waals surface area contributed by atoms with Gasteiger partial charge in [-0.1, -0.05) is 110 Å². The van der Waals surface area contributed by atoms with Gasteiger partial charge in [-0.25, -0.2) is 0 Å². The number of aryl methyl sites for hydroxylation is 2. The van der Waals surface area contributed by atoms with Crippen LogP contribution in [0.1, 0.15) is 81.4 Å². The summed E-state index contributed by atoms with van der Waals surface area (Å²) in [6.45, 7) is 2.89. The number of carbonyl (C=O) groups is 3. The topological polar surface area (TPSA) is 136 Å². The smallest absolute Gasteiger partial charge is 0.296 e. The number of benzene rings is 3. The van der Waals surface area contributed by atoms with Crippen molar-refractivity contribution in [1.29, 1.82) is 0 Å². The highest BCUT2D eigenvalue weighted by Crippen LogP contribution is 2.23. The number of halogens is 1. The lowest BCUT2D eigenvalue weighted by atomic mass is 9.92. The molecule has 280 valence electrons. The van der Waals surface area contributed by atoms with Crippen LogP contribution < -0.4 is 5.32 Å². The summed E-state index contributed by atoms with van der Waals surface area (Å²) in [5.41, 5.74) is 2.24. The molecule has 0 aliphatic heterocycles. The Kier molecular flexibility index (Phi) is 31.4. The summed E-state index contributed by atoms with van der Waals surface area (Å²) in [6.07, 6.45) is 2.80. The van der Waals surface area contributed by atoms with Crippen molar-refractivity contribution >= 4 is 33.3 Å². The first-order valence-corrected chi connectivity index (χ1v) is 15.4. The van der Waals surface area contributed by atoms with Crippen LogP contribution in [0.25, 0.3) is 0 Å². The fraction of sp³-hybridized carbons (Fsp3) is 0.447. The third kappa shape index (κ3) is 19.7. The monoisotopic (exact) mass is 711 g/mol. The number of nitrogens with one attached hydrogen (secondary N) is 1. The van der Waals surface area contributed by atoms with Gasteiger partial charge in [0.1, 0.15) is 22.4 Å². The second kappa shape index (κ2) is 28.1. The molecule has 0 radical (unpaired) electrons. The van der Waals surface area contributed by atoms with E-state index in [2.05, 4.69) is 17.4 Å². The Morgan fingerprint density at radius 1 is 0.714 bits per heavy atom. The van der Waals surface area contributed by atoms with Gasteiger partial charge in [-0.15, -0.1) is 0 Å². The number of rotatable bonds is 15. The maximum Gasteiger partial charge on any atom is 0.296 e. The molecule has 0 aromatic heterocycles. The van der Waals surface area contributed by atoms with Gasteiger partial charge in [0.05, 0.1) is 17.9 Å². The molecule has 0 saturated heterocycles. The fourth-order valence-electron chi connectivity index (χ4n) is 4.59. The van der Waals surface area contributed by atoms with E-state index in [0.717, 1.165) is 24.5 Å². The quantitative estimate of drug-likeness (QED) is 0.118. The van der Waals surface area contributed by atoms with Crippen LogP contribution in [-0.2, 0) is 46.8 Å². The highest BCUT2D eigenvalue weighted by molar-refractivity contribution is 7.86. The Labute approximate surface area is 295 Å². The van der Waals surface area contributed by atoms with Crippen molar-refractivity contribution in [3.8, 4) is 0 Å². The lowest BCUT2D eigenvalue weighted by Gasteiger charge is -2.23. The number of amides is 1. The fourth-order valence-corrected chi connectivity index (χ4v) is 5.24. The summed E-state index contributed by atoms with van der Waals surface area (Å²) < 4.78 is 43.0. The number of Topliss-reactive ketones (excluding diaryl/α,β-unsaturated/α-hetero) is 2. The summed E-state index contributed by atoms with van der Waals surface area (Å²) in [5, 5.41) is 2.43. The van der Waals surface area contributed by atoms with Gasteiger partial charge in [0.15, 0.2) is 0 Å². The average molecular weight is 712 g/mol. The Hall–Kier alpha value is -3.77. The number of ketones is 2. The summed E-state index contributed by atoms with van der Waals surface area (Å²) in [6, 6.07) is 25.3. The molecule has 0 fully saturated rings. The van der Waals surface area contributed by atoms with E-state index in [1.54, 1.807) is 14.0 Å². The highest BCUT2D eigenvalue weighted by atomic mass is 32.2. The van der Waals surface area contributed by atoms with Crippen LogP contribution in [0.3, 0.4) is 0 Å². The van der Waals surface area contributed by atoms with Crippen LogP contribution >= 0.6 is 0 Å². The molecule has 0 heterocycles. The van der Waals surface area contributed by atoms with E-state index >= 15 is 0 Å². The van der Waals surface area contributed by atoms with Crippen molar-refractivity contribution in [2.45, 2.75) is 100 Å². The van der Waals surface area contributed by atoms with Crippen LogP contribution in [0.4, 0.5) is 10.4 Å². The molecule has 11 heteroatoms. The zero-order valence-electron chi connectivity index (χ0n) is 25.5. The van der Waals surface area contributed by atoms with Gasteiger partial charge in [-0.3, -0.25) is 23.6 Å². The SMILES string of the molecule is C.C.C.C.C.COC(CCc1ccccc1)C(C(C)=O)C(=O)Nc1ccccc1S(=O)(=O)O.COC(CCc1ccccc1)CC(C)=O.F. The molecule has 0 spiro atoms. The summed E-state index contributed by atoms with van der Waals surface area (Å²) in [5.74, 6) is -2.02. The number of para-hydroxylation sites is 1. The lowest BCUT2D eigenvalue weighted by molar-refractivity contribution is -0.135. The van der Waals surface area contributed by atoms with Gasteiger partial charge in [0.2, 0.25) is 5.91 Å². The second-order valence-corrected chi connectivity index (χ2v) is 11.5. The molecule has 0 aliphatic rings. The minimum Gasteiger partial charge on any atom is -0.381 e. The maximum absolute atomic E-state index is 12.8. The molecular formula is C38H62FNO8S. The van der Waals surface area contributed by atoms with Gasteiger partial charge in [-0.2, -0.15) is 8.42 Å². The van der Waals surface area contributed by atoms with Gasteiger partial charge in [0.25, 0.3) is 10.1 Å². The maximum atomic E-state index is 12.8. The van der Waals surface area contributed by atoms with Crippen LogP contribution in [0.15, 0.2) is 89.8 Å². The third-order valence-corrected chi connectivity index (χ3v) is 7.74. The number of methoxy groups -OCH3 is 2. The van der Waals surface area contributed by atoms with Gasteiger partial charge >= 0.3 is 0 Å². The predicted octanol–water partition coefficient (Wildman–Crippen LogP) is 8.67. The van der Waals surface area contributed by atoms with E-state index in [1.165, 1.54) is 37.8 Å². The molecule has 49 heavy (non-hydrogen) atoms. The van der Waals surface area contributed by atoms with E-state index in [9.17, 15) is 27.4 Å². The predicted molar refractivity (Wildman–Crippen MR) is 202 cm³/mol. The zero-order chi connectivity index (χ0) is 31.8. The summed E-state index contributed by atoms with van der Waals surface area (Å²) in [4.78, 5) is 35.4. The van der Waals surface area contributed by atoms with E-state index in [-0.39, 0.29) is 59.4 Å². The summed E-state index contributed by atoms with van der Waals surface area (Å²) in [7, 11) is -1.44. The normalized spacial score (nSPS) is 11.5. The lowest BCUT2D eigenvalue weighted by Crippen LogP contribution is -2.39. The largest absolute Gasteiger partial charge is 0.381 e. The van der Waals surface area contributed by atoms with Gasteiger partial charge in [-0.05, 0) is 62.8 Å². The Balaban J connectivity index is -0.000000267. The molecule has 9 nitrogen and oxygen atoms in total. The first-order chi connectivity index (χ1) is 20.5. The number of hydrogen-bond acceptors (Lipinski definition) is 7. The molecule has 3 aromatic carbocycles. The van der Waals surface area contributed by atoms with E-state index in [0.29, 0.717) is 19.3 Å². The molecule has 3 aromatic rings.